The first-order valence-electron chi connectivity index (χ1n) is 13.8. The Labute approximate surface area is 256 Å². The molecule has 4 heterocycles. The molecule has 226 valence electrons. The SMILES string of the molecule is C=CC(=O)N1CCC(Nc2cc3c(Nc4ccc(Oc5nc(-c6ccc(OC)[n-]6)cs5)cc4F)ncnc3cc2OC)CC1. The van der Waals surface area contributed by atoms with E-state index in [9.17, 15) is 4.79 Å². The van der Waals surface area contributed by atoms with E-state index >= 15 is 4.39 Å². The van der Waals surface area contributed by atoms with Crippen LogP contribution < -0.4 is 29.8 Å². The number of aromatic nitrogens is 4. The Bertz CT molecular complexity index is 1820. The summed E-state index contributed by atoms with van der Waals surface area (Å²) in [5, 5.41) is 9.49. The molecule has 2 aromatic carbocycles. The zero-order valence-corrected chi connectivity index (χ0v) is 24.9. The van der Waals surface area contributed by atoms with Gasteiger partial charge in [-0.15, -0.1) is 5.69 Å². The molecule has 1 aliphatic heterocycles. The molecule has 0 spiro atoms. The number of nitrogens with one attached hydrogen (secondary N) is 2. The van der Waals surface area contributed by atoms with Gasteiger partial charge in [-0.2, -0.15) is 0 Å². The minimum absolute atomic E-state index is 0.0589. The highest BCUT2D eigenvalue weighted by atomic mass is 32.1. The van der Waals surface area contributed by atoms with Crippen LogP contribution in [-0.2, 0) is 4.79 Å². The number of hydrogen-bond donors (Lipinski definition) is 2. The summed E-state index contributed by atoms with van der Waals surface area (Å²) in [7, 11) is 3.15. The van der Waals surface area contributed by atoms with Crippen molar-refractivity contribution in [2.45, 2.75) is 18.9 Å². The number of carbonyl (C=O) groups excluding carboxylic acids is 1. The Morgan fingerprint density at radius 3 is 2.68 bits per heavy atom. The first-order valence-corrected chi connectivity index (χ1v) is 14.7. The molecule has 0 saturated carbocycles. The van der Waals surface area contributed by atoms with Gasteiger partial charge in [0.1, 0.15) is 29.5 Å². The number of benzene rings is 2. The van der Waals surface area contributed by atoms with E-state index < -0.39 is 5.82 Å². The highest BCUT2D eigenvalue weighted by Gasteiger charge is 2.23. The van der Waals surface area contributed by atoms with Crippen molar-refractivity contribution >= 4 is 45.3 Å². The van der Waals surface area contributed by atoms with E-state index in [1.807, 2.05) is 17.5 Å². The van der Waals surface area contributed by atoms with Gasteiger partial charge < -0.3 is 34.7 Å². The van der Waals surface area contributed by atoms with Crippen molar-refractivity contribution in [1.82, 2.24) is 24.8 Å². The molecule has 2 N–H and O–H groups in total. The molecule has 11 nitrogen and oxygen atoms in total. The Hall–Kier alpha value is -5.17. The molecule has 0 aliphatic carbocycles. The molecule has 0 bridgehead atoms. The molecule has 3 aromatic heterocycles. The molecule has 44 heavy (non-hydrogen) atoms. The lowest BCUT2D eigenvalue weighted by Crippen LogP contribution is -2.41. The second-order valence-electron chi connectivity index (χ2n) is 9.98. The van der Waals surface area contributed by atoms with Gasteiger partial charge in [0.15, 0.2) is 0 Å². The third-order valence-electron chi connectivity index (χ3n) is 7.27. The van der Waals surface area contributed by atoms with E-state index in [0.717, 1.165) is 18.5 Å². The van der Waals surface area contributed by atoms with Crippen LogP contribution in [0.25, 0.3) is 22.3 Å². The molecule has 1 amide bonds. The molecule has 0 radical (unpaired) electrons. The van der Waals surface area contributed by atoms with Crippen LogP contribution in [0.1, 0.15) is 12.8 Å². The molecule has 13 heteroatoms. The second-order valence-corrected chi connectivity index (χ2v) is 10.8. The maximum atomic E-state index is 15.3. The van der Waals surface area contributed by atoms with Crippen molar-refractivity contribution in [3.8, 4) is 34.0 Å². The zero-order chi connectivity index (χ0) is 30.6. The Balaban J connectivity index is 1.18. The van der Waals surface area contributed by atoms with Gasteiger partial charge in [-0.1, -0.05) is 24.0 Å². The summed E-state index contributed by atoms with van der Waals surface area (Å²) in [5.41, 5.74) is 2.91. The maximum Gasteiger partial charge on any atom is 0.279 e. The Morgan fingerprint density at radius 2 is 1.95 bits per heavy atom. The minimum atomic E-state index is -0.527. The standard InChI is InChI=1S/C31H29FN7O4S/c1-4-29(40)39-11-9-18(10-12-39)35-25-14-20-24(15-27(25)41-2)33-17-34-30(20)37-22-6-5-19(13-21(22)32)43-31-38-26(16-44-31)23-7-8-28(36-23)42-3/h4-8,13-18,35H,1,9-12H2,2-3H3,(H,33,34,37)/q-1. The smallest absolute Gasteiger partial charge is 0.279 e. The summed E-state index contributed by atoms with van der Waals surface area (Å²) in [6.45, 7) is 4.85. The lowest BCUT2D eigenvalue weighted by atomic mass is 10.0. The summed E-state index contributed by atoms with van der Waals surface area (Å²) in [5.74, 6) is 1.27. The number of likely N-dealkylation sites (tertiary alicyclic amines) is 1. The fraction of sp³-hybridized carbons (Fsp3) is 0.226. The van der Waals surface area contributed by atoms with Crippen molar-refractivity contribution in [1.29, 1.82) is 0 Å². The van der Waals surface area contributed by atoms with Crippen LogP contribution in [0.5, 0.6) is 22.6 Å². The lowest BCUT2D eigenvalue weighted by Gasteiger charge is -2.32. The van der Waals surface area contributed by atoms with E-state index in [1.165, 1.54) is 29.8 Å². The molecule has 6 rings (SSSR count). The number of fused-ring (bicyclic) bond motifs is 1. The molecule has 1 saturated heterocycles. The van der Waals surface area contributed by atoms with Gasteiger partial charge in [0.25, 0.3) is 5.19 Å². The quantitative estimate of drug-likeness (QED) is 0.181. The monoisotopic (exact) mass is 614 g/mol. The normalized spacial score (nSPS) is 13.5. The first-order chi connectivity index (χ1) is 21.4. The van der Waals surface area contributed by atoms with Gasteiger partial charge in [0.2, 0.25) is 5.91 Å². The van der Waals surface area contributed by atoms with Gasteiger partial charge >= 0.3 is 0 Å². The minimum Gasteiger partial charge on any atom is -0.626 e. The van der Waals surface area contributed by atoms with Crippen LogP contribution in [0.15, 0.2) is 66.8 Å². The van der Waals surface area contributed by atoms with Gasteiger partial charge in [-0.3, -0.25) is 4.79 Å². The average molecular weight is 615 g/mol. The van der Waals surface area contributed by atoms with Crippen LogP contribution >= 0.6 is 11.3 Å². The van der Waals surface area contributed by atoms with Crippen molar-refractivity contribution in [2.75, 3.05) is 37.9 Å². The number of piperidine rings is 1. The van der Waals surface area contributed by atoms with Crippen molar-refractivity contribution in [2.24, 2.45) is 0 Å². The van der Waals surface area contributed by atoms with Gasteiger partial charge in [-0.05, 0) is 43.2 Å². The average Bonchev–Trinajstić information content (AvgIpc) is 3.72. The highest BCUT2D eigenvalue weighted by molar-refractivity contribution is 7.11. The van der Waals surface area contributed by atoms with Gasteiger partial charge in [0.05, 0.1) is 36.8 Å². The Kier molecular flexibility index (Phi) is 8.28. The fourth-order valence-electron chi connectivity index (χ4n) is 4.97. The fourth-order valence-corrected chi connectivity index (χ4v) is 5.65. The Morgan fingerprint density at radius 1 is 1.11 bits per heavy atom. The molecule has 5 aromatic rings. The zero-order valence-electron chi connectivity index (χ0n) is 24.0. The summed E-state index contributed by atoms with van der Waals surface area (Å²) in [6.07, 6.45) is 4.31. The number of rotatable bonds is 10. The van der Waals surface area contributed by atoms with E-state index in [2.05, 4.69) is 37.1 Å². The molecule has 0 atom stereocenters. The maximum absolute atomic E-state index is 15.3. The number of amides is 1. The number of hydrogen-bond acceptors (Lipinski definition) is 10. The first kappa shape index (κ1) is 28.9. The van der Waals surface area contributed by atoms with Crippen LogP contribution in [0, 0.1) is 5.82 Å². The molecular formula is C31H29FN7O4S-. The predicted molar refractivity (Wildman–Crippen MR) is 167 cm³/mol. The number of ether oxygens (including phenoxy) is 3. The third-order valence-corrected chi connectivity index (χ3v) is 7.98. The highest BCUT2D eigenvalue weighted by Crippen LogP contribution is 2.36. The van der Waals surface area contributed by atoms with Crippen LogP contribution in [-0.4, -0.2) is 59.1 Å². The number of halogens is 1. The largest absolute Gasteiger partial charge is 0.626 e. The predicted octanol–water partition coefficient (Wildman–Crippen LogP) is 5.99. The lowest BCUT2D eigenvalue weighted by molar-refractivity contribution is -0.126. The second kappa shape index (κ2) is 12.6. The van der Waals surface area contributed by atoms with Crippen molar-refractivity contribution in [3.05, 3.63) is 72.6 Å². The van der Waals surface area contributed by atoms with E-state index in [0.29, 0.717) is 63.8 Å². The summed E-state index contributed by atoms with van der Waals surface area (Å²) in [4.78, 5) is 31.3. The van der Waals surface area contributed by atoms with Crippen molar-refractivity contribution < 1.29 is 23.4 Å². The number of nitrogens with zero attached hydrogens (tertiary/aromatic N) is 5. The van der Waals surface area contributed by atoms with Crippen LogP contribution in [0.4, 0.5) is 21.6 Å². The summed E-state index contributed by atoms with van der Waals surface area (Å²) in [6, 6.07) is 11.9. The van der Waals surface area contributed by atoms with E-state index in [-0.39, 0.29) is 17.6 Å². The molecule has 1 fully saturated rings. The number of anilines is 3. The van der Waals surface area contributed by atoms with Crippen molar-refractivity contribution in [3.63, 3.8) is 0 Å². The molecular weight excluding hydrogens is 585 g/mol. The number of thiazole rings is 1. The summed E-state index contributed by atoms with van der Waals surface area (Å²) >= 11 is 1.28. The molecule has 1 aliphatic rings. The third kappa shape index (κ3) is 6.13. The van der Waals surface area contributed by atoms with Crippen LogP contribution in [0.2, 0.25) is 0 Å². The van der Waals surface area contributed by atoms with Crippen LogP contribution in [0.3, 0.4) is 0 Å². The van der Waals surface area contributed by atoms with E-state index in [4.69, 9.17) is 14.2 Å². The summed E-state index contributed by atoms with van der Waals surface area (Å²) < 4.78 is 31.9. The number of methoxy groups -OCH3 is 2. The molecule has 0 unspecified atom stereocenters. The van der Waals surface area contributed by atoms with Gasteiger partial charge in [-0.25, -0.2) is 19.3 Å². The number of carbonyl (C=O) groups is 1. The van der Waals surface area contributed by atoms with E-state index in [1.54, 1.807) is 43.4 Å². The topological polar surface area (TPSA) is 125 Å². The van der Waals surface area contributed by atoms with Gasteiger partial charge in [0, 0.05) is 47.9 Å².